The average Bonchev–Trinajstić information content (AvgIpc) is 3.04. The summed E-state index contributed by atoms with van der Waals surface area (Å²) in [6.07, 6.45) is 2.80. The summed E-state index contributed by atoms with van der Waals surface area (Å²) in [6, 6.07) is 11.4. The van der Waals surface area contributed by atoms with Crippen molar-refractivity contribution in [2.24, 2.45) is 0 Å². The quantitative estimate of drug-likeness (QED) is 0.603. The number of nitrogens with zero attached hydrogens (tertiary/aromatic N) is 2. The SMILES string of the molecule is Nc1ccc2c(c1)N(Cc1ccc3c(c1)CN(C1CCC(=O)NC1=O)C3=O)CCC2. The Morgan fingerprint density at radius 3 is 2.73 bits per heavy atom. The topological polar surface area (TPSA) is 95.7 Å². The van der Waals surface area contributed by atoms with Crippen LogP contribution in [0.4, 0.5) is 11.4 Å². The number of nitrogen functional groups attached to an aromatic ring is 1. The van der Waals surface area contributed by atoms with Crippen molar-refractivity contribution in [3.8, 4) is 0 Å². The second-order valence-electron chi connectivity index (χ2n) is 8.30. The number of nitrogens with two attached hydrogens (primary N) is 1. The molecule has 0 saturated carbocycles. The van der Waals surface area contributed by atoms with Gasteiger partial charge >= 0.3 is 0 Å². The number of carbonyl (C=O) groups excluding carboxylic acids is 3. The van der Waals surface area contributed by atoms with Crippen molar-refractivity contribution in [1.82, 2.24) is 10.2 Å². The van der Waals surface area contributed by atoms with Crippen molar-refractivity contribution in [1.29, 1.82) is 0 Å². The molecular formula is C23H24N4O3. The Morgan fingerprint density at radius 1 is 1.03 bits per heavy atom. The number of piperidine rings is 1. The first-order chi connectivity index (χ1) is 14.5. The molecule has 3 heterocycles. The van der Waals surface area contributed by atoms with E-state index in [1.165, 1.54) is 11.3 Å². The van der Waals surface area contributed by atoms with Gasteiger partial charge < -0.3 is 15.5 Å². The highest BCUT2D eigenvalue weighted by atomic mass is 16.2. The van der Waals surface area contributed by atoms with Gasteiger partial charge in [0.1, 0.15) is 6.04 Å². The smallest absolute Gasteiger partial charge is 0.255 e. The van der Waals surface area contributed by atoms with Crippen LogP contribution in [0.1, 0.15) is 46.3 Å². The van der Waals surface area contributed by atoms with Crippen LogP contribution < -0.4 is 16.0 Å². The lowest BCUT2D eigenvalue weighted by Crippen LogP contribution is -2.52. The summed E-state index contributed by atoms with van der Waals surface area (Å²) in [5, 5.41) is 2.34. The molecule has 30 heavy (non-hydrogen) atoms. The molecule has 0 aliphatic carbocycles. The maximum Gasteiger partial charge on any atom is 0.255 e. The minimum absolute atomic E-state index is 0.137. The van der Waals surface area contributed by atoms with Crippen molar-refractivity contribution in [3.63, 3.8) is 0 Å². The fourth-order valence-corrected chi connectivity index (χ4v) is 4.78. The summed E-state index contributed by atoms with van der Waals surface area (Å²) in [4.78, 5) is 40.4. The lowest BCUT2D eigenvalue weighted by atomic mass is 9.99. The first-order valence-corrected chi connectivity index (χ1v) is 10.4. The van der Waals surface area contributed by atoms with Gasteiger partial charge in [0.15, 0.2) is 0 Å². The minimum atomic E-state index is -0.581. The normalized spacial score (nSPS) is 20.8. The van der Waals surface area contributed by atoms with Crippen LogP contribution in [0, 0.1) is 0 Å². The number of nitrogens with one attached hydrogen (secondary N) is 1. The Kier molecular flexibility index (Phi) is 4.46. The van der Waals surface area contributed by atoms with Gasteiger partial charge in [-0.25, -0.2) is 0 Å². The van der Waals surface area contributed by atoms with Crippen molar-refractivity contribution < 1.29 is 14.4 Å². The molecular weight excluding hydrogens is 380 g/mol. The lowest BCUT2D eigenvalue weighted by molar-refractivity contribution is -0.136. The Bertz CT molecular complexity index is 1060. The second-order valence-corrected chi connectivity index (χ2v) is 8.30. The standard InChI is InChI=1S/C23H24N4O3/c24-17-5-4-15-2-1-9-26(20(15)11-17)12-14-3-6-18-16(10-14)13-27(23(18)30)19-7-8-21(28)25-22(19)29/h3-6,10-11,19H,1-2,7-9,12-13,24H2,(H,25,28,29). The minimum Gasteiger partial charge on any atom is -0.399 e. The fraction of sp³-hybridized carbons (Fsp3) is 0.348. The number of rotatable bonds is 3. The molecule has 154 valence electrons. The van der Waals surface area contributed by atoms with Gasteiger partial charge in [0.25, 0.3) is 5.91 Å². The summed E-state index contributed by atoms with van der Waals surface area (Å²) in [7, 11) is 0. The number of fused-ring (bicyclic) bond motifs is 2. The Labute approximate surface area is 174 Å². The van der Waals surface area contributed by atoms with Crippen LogP contribution in [-0.4, -0.2) is 35.2 Å². The Balaban J connectivity index is 1.36. The third-order valence-electron chi connectivity index (χ3n) is 6.29. The maximum atomic E-state index is 12.9. The van der Waals surface area contributed by atoms with Gasteiger partial charge in [0.2, 0.25) is 11.8 Å². The molecule has 0 aromatic heterocycles. The van der Waals surface area contributed by atoms with Crippen molar-refractivity contribution in [3.05, 3.63) is 58.7 Å². The number of hydrogen-bond donors (Lipinski definition) is 2. The van der Waals surface area contributed by atoms with E-state index in [-0.39, 0.29) is 24.1 Å². The van der Waals surface area contributed by atoms with Gasteiger partial charge in [-0.05, 0) is 54.2 Å². The first-order valence-electron chi connectivity index (χ1n) is 10.4. The number of benzene rings is 2. The number of anilines is 2. The summed E-state index contributed by atoms with van der Waals surface area (Å²) in [5.74, 6) is -0.789. The largest absolute Gasteiger partial charge is 0.399 e. The molecule has 7 heteroatoms. The average molecular weight is 404 g/mol. The van der Waals surface area contributed by atoms with Gasteiger partial charge in [-0.2, -0.15) is 0 Å². The highest BCUT2D eigenvalue weighted by molar-refractivity contribution is 6.05. The fourth-order valence-electron chi connectivity index (χ4n) is 4.78. The summed E-state index contributed by atoms with van der Waals surface area (Å²) in [5.41, 5.74) is 12.0. The molecule has 0 radical (unpaired) electrons. The zero-order valence-electron chi connectivity index (χ0n) is 16.7. The number of hydrogen-bond acceptors (Lipinski definition) is 5. The highest BCUT2D eigenvalue weighted by Gasteiger charge is 2.39. The summed E-state index contributed by atoms with van der Waals surface area (Å²) in [6.45, 7) is 2.11. The molecule has 0 spiro atoms. The molecule has 0 bridgehead atoms. The van der Waals surface area contributed by atoms with E-state index in [1.54, 1.807) is 4.90 Å². The van der Waals surface area contributed by atoms with Crippen LogP contribution in [0.25, 0.3) is 0 Å². The predicted octanol–water partition coefficient (Wildman–Crippen LogP) is 1.98. The predicted molar refractivity (Wildman–Crippen MR) is 113 cm³/mol. The van der Waals surface area contributed by atoms with Gasteiger partial charge in [-0.1, -0.05) is 18.2 Å². The van der Waals surface area contributed by atoms with Crippen LogP contribution >= 0.6 is 0 Å². The third kappa shape index (κ3) is 3.20. The van der Waals surface area contributed by atoms with Gasteiger partial charge in [0.05, 0.1) is 0 Å². The van der Waals surface area contributed by atoms with Crippen LogP contribution in [-0.2, 0) is 29.1 Å². The zero-order valence-corrected chi connectivity index (χ0v) is 16.7. The number of imide groups is 1. The molecule has 3 aliphatic rings. The number of amides is 3. The molecule has 7 nitrogen and oxygen atoms in total. The molecule has 5 rings (SSSR count). The molecule has 2 aromatic rings. The van der Waals surface area contributed by atoms with E-state index in [1.807, 2.05) is 24.3 Å². The molecule has 1 fully saturated rings. The van der Waals surface area contributed by atoms with Crippen molar-refractivity contribution in [2.75, 3.05) is 17.2 Å². The molecule has 1 atom stereocenters. The number of aryl methyl sites for hydroxylation is 1. The summed E-state index contributed by atoms with van der Waals surface area (Å²) < 4.78 is 0. The van der Waals surface area contributed by atoms with E-state index in [0.717, 1.165) is 42.7 Å². The van der Waals surface area contributed by atoms with Crippen LogP contribution in [0.5, 0.6) is 0 Å². The summed E-state index contributed by atoms with van der Waals surface area (Å²) >= 11 is 0. The first kappa shape index (κ1) is 18.7. The van der Waals surface area contributed by atoms with E-state index < -0.39 is 6.04 Å². The maximum absolute atomic E-state index is 12.9. The van der Waals surface area contributed by atoms with Crippen LogP contribution in [0.15, 0.2) is 36.4 Å². The lowest BCUT2D eigenvalue weighted by Gasteiger charge is -2.31. The molecule has 3 amide bonds. The van der Waals surface area contributed by atoms with E-state index in [9.17, 15) is 14.4 Å². The van der Waals surface area contributed by atoms with E-state index in [0.29, 0.717) is 18.5 Å². The van der Waals surface area contributed by atoms with Crippen molar-refractivity contribution >= 4 is 29.1 Å². The monoisotopic (exact) mass is 404 g/mol. The van der Waals surface area contributed by atoms with Crippen LogP contribution in [0.3, 0.4) is 0 Å². The highest BCUT2D eigenvalue weighted by Crippen LogP contribution is 2.32. The molecule has 3 aliphatic heterocycles. The third-order valence-corrected chi connectivity index (χ3v) is 6.29. The molecule has 3 N–H and O–H groups in total. The van der Waals surface area contributed by atoms with Crippen molar-refractivity contribution in [2.45, 2.75) is 44.8 Å². The van der Waals surface area contributed by atoms with Gasteiger partial charge in [-0.15, -0.1) is 0 Å². The van der Waals surface area contributed by atoms with Gasteiger partial charge in [0, 0.05) is 43.0 Å². The zero-order chi connectivity index (χ0) is 20.8. The van der Waals surface area contributed by atoms with Crippen LogP contribution in [0.2, 0.25) is 0 Å². The van der Waals surface area contributed by atoms with E-state index in [4.69, 9.17) is 5.73 Å². The molecule has 2 aromatic carbocycles. The second kappa shape index (κ2) is 7.16. The Morgan fingerprint density at radius 2 is 1.90 bits per heavy atom. The van der Waals surface area contributed by atoms with Gasteiger partial charge in [-0.3, -0.25) is 19.7 Å². The van der Waals surface area contributed by atoms with E-state index >= 15 is 0 Å². The molecule has 1 unspecified atom stereocenters. The Hall–Kier alpha value is -3.35. The molecule has 1 saturated heterocycles. The van der Waals surface area contributed by atoms with E-state index in [2.05, 4.69) is 22.3 Å². The number of carbonyl (C=O) groups is 3.